The van der Waals surface area contributed by atoms with E-state index < -0.39 is 10.0 Å². The van der Waals surface area contributed by atoms with Crippen LogP contribution in [0.25, 0.3) is 10.2 Å². The van der Waals surface area contributed by atoms with Gasteiger partial charge >= 0.3 is 0 Å². The Hall–Kier alpha value is -3.34. The van der Waals surface area contributed by atoms with Crippen LogP contribution in [0.3, 0.4) is 0 Å². The molecule has 8 nitrogen and oxygen atoms in total. The van der Waals surface area contributed by atoms with E-state index in [1.807, 2.05) is 37.3 Å². The van der Waals surface area contributed by atoms with Gasteiger partial charge < -0.3 is 4.74 Å². The van der Waals surface area contributed by atoms with Crippen molar-refractivity contribution < 1.29 is 17.9 Å². The number of aryl methyl sites for hydroxylation is 1. The number of amides is 1. The molecule has 1 aliphatic rings. The largest absolute Gasteiger partial charge is 0.497 e. The van der Waals surface area contributed by atoms with Crippen molar-refractivity contribution in [1.29, 1.82) is 0 Å². The van der Waals surface area contributed by atoms with Gasteiger partial charge in [0.2, 0.25) is 15.9 Å². The first-order valence-corrected chi connectivity index (χ1v) is 14.3. The minimum absolute atomic E-state index is 0.0535. The number of ether oxygens (including phenoxy) is 1. The van der Waals surface area contributed by atoms with Crippen molar-refractivity contribution in [3.8, 4) is 5.75 Å². The maximum Gasteiger partial charge on any atom is 0.243 e. The Morgan fingerprint density at radius 3 is 2.57 bits per heavy atom. The van der Waals surface area contributed by atoms with E-state index >= 15 is 0 Å². The van der Waals surface area contributed by atoms with E-state index in [1.165, 1.54) is 15.6 Å². The summed E-state index contributed by atoms with van der Waals surface area (Å²) in [6, 6.07) is 16.3. The standard InChI is InChI=1S/C27H28N4O4S2/c1-19-5-8-23(9-6-19)37(33,34)30-14-11-21(12-15-30)26(32)31(18-20-4-3-13-28-17-20)27-29-24-16-22(35-2)7-10-25(24)36-27/h3-10,13,16-17,21H,11-12,14-15,18H2,1-2H3. The molecule has 4 aromatic rings. The van der Waals surface area contributed by atoms with Gasteiger partial charge in [-0.25, -0.2) is 13.4 Å². The number of hydrogen-bond donors (Lipinski definition) is 0. The second-order valence-electron chi connectivity index (χ2n) is 9.11. The van der Waals surface area contributed by atoms with Crippen LogP contribution in [-0.2, 0) is 21.4 Å². The van der Waals surface area contributed by atoms with E-state index in [-0.39, 0.29) is 16.7 Å². The molecule has 3 heterocycles. The predicted octanol–water partition coefficient (Wildman–Crippen LogP) is 4.64. The van der Waals surface area contributed by atoms with E-state index in [2.05, 4.69) is 4.98 Å². The number of pyridine rings is 1. The quantitative estimate of drug-likeness (QED) is 0.342. The Kier molecular flexibility index (Phi) is 7.23. The number of nitrogens with zero attached hydrogens (tertiary/aromatic N) is 4. The third-order valence-electron chi connectivity index (χ3n) is 6.61. The highest BCUT2D eigenvalue weighted by Crippen LogP contribution is 2.34. The van der Waals surface area contributed by atoms with E-state index in [0.717, 1.165) is 21.3 Å². The summed E-state index contributed by atoms with van der Waals surface area (Å²) in [5.41, 5.74) is 2.67. The van der Waals surface area contributed by atoms with Crippen LogP contribution in [0.15, 0.2) is 71.9 Å². The van der Waals surface area contributed by atoms with Gasteiger partial charge in [0, 0.05) is 37.5 Å². The molecule has 0 unspecified atom stereocenters. The molecular weight excluding hydrogens is 508 g/mol. The third-order valence-corrected chi connectivity index (χ3v) is 9.58. The van der Waals surface area contributed by atoms with E-state index in [4.69, 9.17) is 9.72 Å². The molecule has 0 radical (unpaired) electrons. The minimum atomic E-state index is -3.59. The fourth-order valence-corrected chi connectivity index (χ4v) is 6.89. The second kappa shape index (κ2) is 10.6. The molecule has 10 heteroatoms. The number of piperidine rings is 1. The van der Waals surface area contributed by atoms with Crippen LogP contribution >= 0.6 is 11.3 Å². The number of benzene rings is 2. The SMILES string of the molecule is COc1ccc2sc(N(Cc3cccnc3)C(=O)C3CCN(S(=O)(=O)c4ccc(C)cc4)CC3)nc2c1. The highest BCUT2D eigenvalue weighted by atomic mass is 32.2. The van der Waals surface area contributed by atoms with Crippen LogP contribution in [0.2, 0.25) is 0 Å². The van der Waals surface area contributed by atoms with Gasteiger partial charge in [-0.15, -0.1) is 0 Å². The fourth-order valence-electron chi connectivity index (χ4n) is 4.47. The van der Waals surface area contributed by atoms with Gasteiger partial charge in [0.05, 0.1) is 28.8 Å². The van der Waals surface area contributed by atoms with Crippen LogP contribution < -0.4 is 9.64 Å². The Morgan fingerprint density at radius 2 is 1.89 bits per heavy atom. The third kappa shape index (κ3) is 5.36. The molecule has 37 heavy (non-hydrogen) atoms. The van der Waals surface area contributed by atoms with Crippen LogP contribution in [0, 0.1) is 12.8 Å². The van der Waals surface area contributed by atoms with E-state index in [0.29, 0.717) is 43.4 Å². The molecule has 1 aliphatic heterocycles. The first-order chi connectivity index (χ1) is 17.8. The Bertz CT molecular complexity index is 1500. The molecule has 0 bridgehead atoms. The molecule has 2 aromatic heterocycles. The zero-order valence-electron chi connectivity index (χ0n) is 20.7. The van der Waals surface area contributed by atoms with Crippen molar-refractivity contribution in [2.75, 3.05) is 25.1 Å². The smallest absolute Gasteiger partial charge is 0.243 e. The molecule has 2 aromatic carbocycles. The monoisotopic (exact) mass is 536 g/mol. The summed E-state index contributed by atoms with van der Waals surface area (Å²) in [6.45, 7) is 2.85. The van der Waals surface area contributed by atoms with Crippen molar-refractivity contribution in [3.63, 3.8) is 0 Å². The topological polar surface area (TPSA) is 92.7 Å². The summed E-state index contributed by atoms with van der Waals surface area (Å²) in [5, 5.41) is 0.604. The maximum absolute atomic E-state index is 13.8. The van der Waals surface area contributed by atoms with Crippen molar-refractivity contribution >= 4 is 42.6 Å². The van der Waals surface area contributed by atoms with Gasteiger partial charge in [0.25, 0.3) is 0 Å². The summed E-state index contributed by atoms with van der Waals surface area (Å²) < 4.78 is 34.0. The normalized spacial score (nSPS) is 15.1. The van der Waals surface area contributed by atoms with Crippen molar-refractivity contribution in [1.82, 2.24) is 14.3 Å². The predicted molar refractivity (Wildman–Crippen MR) is 144 cm³/mol. The lowest BCUT2D eigenvalue weighted by Crippen LogP contribution is -2.44. The number of hydrogen-bond acceptors (Lipinski definition) is 7. The molecule has 0 aliphatic carbocycles. The first-order valence-electron chi connectivity index (χ1n) is 12.1. The number of rotatable bonds is 7. The fraction of sp³-hybridized carbons (Fsp3) is 0.296. The van der Waals surface area contributed by atoms with Gasteiger partial charge in [-0.2, -0.15) is 4.31 Å². The molecule has 0 atom stereocenters. The molecule has 1 saturated heterocycles. The molecule has 1 fully saturated rings. The number of aromatic nitrogens is 2. The van der Waals surface area contributed by atoms with Gasteiger partial charge in [0.1, 0.15) is 5.75 Å². The van der Waals surface area contributed by atoms with Crippen molar-refractivity contribution in [2.24, 2.45) is 5.92 Å². The van der Waals surface area contributed by atoms with Gasteiger partial charge in [-0.3, -0.25) is 14.7 Å². The van der Waals surface area contributed by atoms with Crippen LogP contribution in [0.4, 0.5) is 5.13 Å². The highest BCUT2D eigenvalue weighted by Gasteiger charge is 2.35. The van der Waals surface area contributed by atoms with Gasteiger partial charge in [-0.05, 0) is 55.7 Å². The molecule has 0 N–H and O–H groups in total. The van der Waals surface area contributed by atoms with Gasteiger partial charge in [0.15, 0.2) is 5.13 Å². The zero-order chi connectivity index (χ0) is 26.0. The molecule has 0 spiro atoms. The lowest BCUT2D eigenvalue weighted by atomic mass is 9.96. The summed E-state index contributed by atoms with van der Waals surface area (Å²) in [7, 11) is -1.99. The van der Waals surface area contributed by atoms with Crippen LogP contribution in [0.1, 0.15) is 24.0 Å². The van der Waals surface area contributed by atoms with Crippen molar-refractivity contribution in [2.45, 2.75) is 31.2 Å². The molecule has 1 amide bonds. The highest BCUT2D eigenvalue weighted by molar-refractivity contribution is 7.89. The number of sulfonamides is 1. The summed E-state index contributed by atoms with van der Waals surface area (Å²) in [6.07, 6.45) is 4.34. The van der Waals surface area contributed by atoms with Gasteiger partial charge in [-0.1, -0.05) is 35.1 Å². The summed E-state index contributed by atoms with van der Waals surface area (Å²) in [4.78, 5) is 24.8. The number of thiazole rings is 1. The van der Waals surface area contributed by atoms with E-state index in [9.17, 15) is 13.2 Å². The zero-order valence-corrected chi connectivity index (χ0v) is 22.3. The second-order valence-corrected chi connectivity index (χ2v) is 12.1. The minimum Gasteiger partial charge on any atom is -0.497 e. The number of anilines is 1. The lowest BCUT2D eigenvalue weighted by Gasteiger charge is -2.33. The Labute approximate surface area is 220 Å². The molecule has 192 valence electrons. The number of fused-ring (bicyclic) bond motifs is 1. The van der Waals surface area contributed by atoms with Crippen molar-refractivity contribution in [3.05, 3.63) is 78.1 Å². The van der Waals surface area contributed by atoms with Crippen LogP contribution in [-0.4, -0.2) is 48.8 Å². The number of carbonyl (C=O) groups excluding carboxylic acids is 1. The molecule has 5 rings (SSSR count). The van der Waals surface area contributed by atoms with Crippen LogP contribution in [0.5, 0.6) is 5.75 Å². The maximum atomic E-state index is 13.8. The lowest BCUT2D eigenvalue weighted by molar-refractivity contribution is -0.123. The first kappa shape index (κ1) is 25.3. The summed E-state index contributed by atoms with van der Waals surface area (Å²) in [5.74, 6) is 0.349. The number of methoxy groups -OCH3 is 1. The average molecular weight is 537 g/mol. The molecular formula is C27H28N4O4S2. The number of carbonyl (C=O) groups is 1. The summed E-state index contributed by atoms with van der Waals surface area (Å²) >= 11 is 1.45. The molecule has 0 saturated carbocycles. The Morgan fingerprint density at radius 1 is 1.14 bits per heavy atom. The average Bonchev–Trinajstić information content (AvgIpc) is 3.35. The van der Waals surface area contributed by atoms with E-state index in [1.54, 1.807) is 48.7 Å². The Balaban J connectivity index is 1.37.